The lowest BCUT2D eigenvalue weighted by atomic mass is 10.1. The monoisotopic (exact) mass is 187 g/mol. The highest BCUT2D eigenvalue weighted by Crippen LogP contribution is 2.05. The molecule has 0 spiro atoms. The fourth-order valence-corrected chi connectivity index (χ4v) is 1.46. The van der Waals surface area contributed by atoms with Crippen molar-refractivity contribution in [1.29, 1.82) is 0 Å². The molecule has 4 nitrogen and oxygen atoms in total. The van der Waals surface area contributed by atoms with Crippen LogP contribution >= 0.6 is 0 Å². The van der Waals surface area contributed by atoms with Crippen LogP contribution in [0.25, 0.3) is 0 Å². The van der Waals surface area contributed by atoms with Gasteiger partial charge >= 0.3 is 0 Å². The molecule has 0 bridgehead atoms. The van der Waals surface area contributed by atoms with Crippen molar-refractivity contribution in [3.63, 3.8) is 0 Å². The minimum Gasteiger partial charge on any atom is -0.368 e. The van der Waals surface area contributed by atoms with Gasteiger partial charge in [0.25, 0.3) is 0 Å². The van der Waals surface area contributed by atoms with Crippen LogP contribution in [0, 0.1) is 0 Å². The Morgan fingerprint density at radius 1 is 1.38 bits per heavy atom. The number of hydrogen-bond acceptors (Lipinski definition) is 3. The Bertz CT molecular complexity index is 157. The van der Waals surface area contributed by atoms with E-state index in [1.807, 2.05) is 7.05 Å². The lowest BCUT2D eigenvalue weighted by Gasteiger charge is -2.27. The van der Waals surface area contributed by atoms with Crippen molar-refractivity contribution in [2.24, 2.45) is 11.5 Å². The number of amides is 1. The van der Waals surface area contributed by atoms with Crippen LogP contribution in [-0.4, -0.2) is 36.5 Å². The molecule has 0 aromatic heterocycles. The van der Waals surface area contributed by atoms with Crippen LogP contribution < -0.4 is 11.5 Å². The normalized spacial score (nSPS) is 13.7. The quantitative estimate of drug-likeness (QED) is 0.611. The van der Waals surface area contributed by atoms with Crippen LogP contribution in [0.3, 0.4) is 0 Å². The average Bonchev–Trinajstić information content (AvgIpc) is 2.06. The van der Waals surface area contributed by atoms with E-state index in [9.17, 15) is 4.79 Å². The van der Waals surface area contributed by atoms with E-state index in [0.717, 1.165) is 12.8 Å². The SMILES string of the molecule is CCC(CC)N(C)CC(N)C(N)=O. The van der Waals surface area contributed by atoms with Gasteiger partial charge in [0, 0.05) is 12.6 Å². The minimum atomic E-state index is -0.550. The minimum absolute atomic E-state index is 0.433. The van der Waals surface area contributed by atoms with Crippen LogP contribution in [0.5, 0.6) is 0 Å². The lowest BCUT2D eigenvalue weighted by Crippen LogP contribution is -2.47. The molecule has 13 heavy (non-hydrogen) atoms. The van der Waals surface area contributed by atoms with E-state index in [1.54, 1.807) is 0 Å². The molecular weight excluding hydrogens is 166 g/mol. The Labute approximate surface area is 80.3 Å². The summed E-state index contributed by atoms with van der Waals surface area (Å²) in [6.07, 6.45) is 2.14. The van der Waals surface area contributed by atoms with Crippen molar-refractivity contribution in [3.05, 3.63) is 0 Å². The van der Waals surface area contributed by atoms with E-state index < -0.39 is 11.9 Å². The van der Waals surface area contributed by atoms with Crippen LogP contribution in [0.2, 0.25) is 0 Å². The Balaban J connectivity index is 3.96. The fourth-order valence-electron chi connectivity index (χ4n) is 1.46. The zero-order valence-electron chi connectivity index (χ0n) is 8.79. The molecule has 0 aromatic carbocycles. The highest BCUT2D eigenvalue weighted by Gasteiger charge is 2.16. The number of hydrogen-bond donors (Lipinski definition) is 2. The summed E-state index contributed by atoms with van der Waals surface area (Å²) in [6.45, 7) is 4.79. The Morgan fingerprint density at radius 3 is 2.15 bits per heavy atom. The van der Waals surface area contributed by atoms with E-state index in [2.05, 4.69) is 18.7 Å². The summed E-state index contributed by atoms with van der Waals surface area (Å²) in [5, 5.41) is 0. The first kappa shape index (κ1) is 12.4. The smallest absolute Gasteiger partial charge is 0.235 e. The van der Waals surface area contributed by atoms with Gasteiger partial charge in [-0.2, -0.15) is 0 Å². The van der Waals surface area contributed by atoms with Gasteiger partial charge in [0.2, 0.25) is 5.91 Å². The highest BCUT2D eigenvalue weighted by molar-refractivity contribution is 5.79. The molecule has 0 aliphatic rings. The average molecular weight is 187 g/mol. The number of likely N-dealkylation sites (N-methyl/N-ethyl adjacent to an activating group) is 1. The molecule has 0 rings (SSSR count). The Morgan fingerprint density at radius 2 is 1.85 bits per heavy atom. The molecule has 1 atom stereocenters. The van der Waals surface area contributed by atoms with Crippen molar-refractivity contribution in [2.75, 3.05) is 13.6 Å². The predicted molar refractivity (Wildman–Crippen MR) is 54.2 cm³/mol. The summed E-state index contributed by atoms with van der Waals surface area (Å²) in [5.74, 6) is -0.433. The fraction of sp³-hybridized carbons (Fsp3) is 0.889. The molecule has 0 aliphatic heterocycles. The number of nitrogens with zero attached hydrogens (tertiary/aromatic N) is 1. The van der Waals surface area contributed by atoms with Crippen LogP contribution in [0.4, 0.5) is 0 Å². The van der Waals surface area contributed by atoms with Gasteiger partial charge in [-0.25, -0.2) is 0 Å². The van der Waals surface area contributed by atoms with E-state index >= 15 is 0 Å². The number of primary amides is 1. The number of rotatable bonds is 6. The topological polar surface area (TPSA) is 72.3 Å². The summed E-state index contributed by atoms with van der Waals surface area (Å²) in [5.41, 5.74) is 10.6. The number of nitrogens with two attached hydrogens (primary N) is 2. The third kappa shape index (κ3) is 4.24. The molecule has 4 heteroatoms. The van der Waals surface area contributed by atoms with E-state index in [0.29, 0.717) is 12.6 Å². The maximum atomic E-state index is 10.7. The third-order valence-electron chi connectivity index (χ3n) is 2.42. The molecule has 4 N–H and O–H groups in total. The first-order valence-electron chi connectivity index (χ1n) is 4.78. The van der Waals surface area contributed by atoms with Crippen LogP contribution in [-0.2, 0) is 4.79 Å². The number of carbonyl (C=O) groups is 1. The summed E-state index contributed by atoms with van der Waals surface area (Å²) in [6, 6.07) is -0.0593. The van der Waals surface area contributed by atoms with Gasteiger partial charge in [-0.15, -0.1) is 0 Å². The molecule has 0 aliphatic carbocycles. The Hall–Kier alpha value is -0.610. The van der Waals surface area contributed by atoms with Crippen LogP contribution in [0.1, 0.15) is 26.7 Å². The molecule has 1 unspecified atom stereocenters. The van der Waals surface area contributed by atoms with E-state index in [-0.39, 0.29) is 0 Å². The zero-order chi connectivity index (χ0) is 10.4. The lowest BCUT2D eigenvalue weighted by molar-refractivity contribution is -0.119. The maximum absolute atomic E-state index is 10.7. The van der Waals surface area contributed by atoms with E-state index in [4.69, 9.17) is 11.5 Å². The van der Waals surface area contributed by atoms with Gasteiger partial charge in [-0.1, -0.05) is 13.8 Å². The van der Waals surface area contributed by atoms with Crippen LogP contribution in [0.15, 0.2) is 0 Å². The van der Waals surface area contributed by atoms with Crippen molar-refractivity contribution in [3.8, 4) is 0 Å². The summed E-state index contributed by atoms with van der Waals surface area (Å²) in [7, 11) is 1.97. The second-order valence-corrected chi connectivity index (χ2v) is 3.42. The molecule has 0 fully saturated rings. The maximum Gasteiger partial charge on any atom is 0.235 e. The highest BCUT2D eigenvalue weighted by atomic mass is 16.1. The van der Waals surface area contributed by atoms with Crippen molar-refractivity contribution >= 4 is 5.91 Å². The Kier molecular flexibility index (Phi) is 5.66. The second kappa shape index (κ2) is 5.94. The predicted octanol–water partition coefficient (Wildman–Crippen LogP) is -0.0806. The van der Waals surface area contributed by atoms with Gasteiger partial charge in [-0.05, 0) is 19.9 Å². The van der Waals surface area contributed by atoms with Crippen molar-refractivity contribution in [1.82, 2.24) is 4.90 Å². The third-order valence-corrected chi connectivity index (χ3v) is 2.42. The molecule has 78 valence electrons. The molecule has 0 heterocycles. The first-order valence-corrected chi connectivity index (χ1v) is 4.78. The second-order valence-electron chi connectivity index (χ2n) is 3.42. The largest absolute Gasteiger partial charge is 0.368 e. The van der Waals surface area contributed by atoms with Crippen molar-refractivity contribution < 1.29 is 4.79 Å². The first-order chi connectivity index (χ1) is 6.02. The van der Waals surface area contributed by atoms with Gasteiger partial charge < -0.3 is 16.4 Å². The molecule has 1 amide bonds. The summed E-state index contributed by atoms with van der Waals surface area (Å²) < 4.78 is 0. The molecule has 0 radical (unpaired) electrons. The zero-order valence-corrected chi connectivity index (χ0v) is 8.79. The standard InChI is InChI=1S/C9H21N3O/c1-4-7(5-2)12(3)6-8(10)9(11)13/h7-8H,4-6,10H2,1-3H3,(H2,11,13). The summed E-state index contributed by atoms with van der Waals surface area (Å²) in [4.78, 5) is 12.8. The van der Waals surface area contributed by atoms with Gasteiger partial charge in [0.15, 0.2) is 0 Å². The van der Waals surface area contributed by atoms with E-state index in [1.165, 1.54) is 0 Å². The molecule has 0 saturated heterocycles. The van der Waals surface area contributed by atoms with Crippen molar-refractivity contribution in [2.45, 2.75) is 38.8 Å². The molecular formula is C9H21N3O. The van der Waals surface area contributed by atoms with Gasteiger partial charge in [0.05, 0.1) is 6.04 Å². The molecule has 0 aromatic rings. The molecule has 0 saturated carbocycles. The van der Waals surface area contributed by atoms with Gasteiger partial charge in [-0.3, -0.25) is 4.79 Å². The summed E-state index contributed by atoms with van der Waals surface area (Å²) >= 11 is 0. The number of carbonyl (C=O) groups excluding carboxylic acids is 1. The van der Waals surface area contributed by atoms with Gasteiger partial charge in [0.1, 0.15) is 0 Å².